The van der Waals surface area contributed by atoms with Crippen LogP contribution >= 0.6 is 0 Å². The summed E-state index contributed by atoms with van der Waals surface area (Å²) in [6, 6.07) is 0.365. The number of rotatable bonds is 3. The molecular formula is C9H18N2O. The Morgan fingerprint density at radius 2 is 2.08 bits per heavy atom. The van der Waals surface area contributed by atoms with Crippen LogP contribution in [-0.4, -0.2) is 25.0 Å². The van der Waals surface area contributed by atoms with Crippen molar-refractivity contribution < 1.29 is 4.79 Å². The largest absolute Gasteiger partial charge is 0.352 e. The summed E-state index contributed by atoms with van der Waals surface area (Å²) in [5, 5.41) is 5.91. The summed E-state index contributed by atoms with van der Waals surface area (Å²) in [4.78, 5) is 11.3. The maximum absolute atomic E-state index is 11.3. The lowest BCUT2D eigenvalue weighted by Crippen LogP contribution is -2.49. The molecule has 12 heavy (non-hydrogen) atoms. The van der Waals surface area contributed by atoms with Crippen molar-refractivity contribution in [1.29, 1.82) is 0 Å². The van der Waals surface area contributed by atoms with Crippen molar-refractivity contribution in [2.75, 3.05) is 7.05 Å². The monoisotopic (exact) mass is 170 g/mol. The molecule has 0 aromatic heterocycles. The lowest BCUT2D eigenvalue weighted by atomic mass is 9.82. The van der Waals surface area contributed by atoms with E-state index in [-0.39, 0.29) is 11.9 Å². The molecule has 1 saturated carbocycles. The van der Waals surface area contributed by atoms with E-state index in [1.807, 2.05) is 6.92 Å². The Labute approximate surface area is 73.9 Å². The molecule has 1 fully saturated rings. The first-order chi connectivity index (χ1) is 5.63. The number of carbonyl (C=O) groups excluding carboxylic acids is 1. The molecule has 0 aliphatic heterocycles. The molecule has 1 aliphatic rings. The first-order valence-corrected chi connectivity index (χ1v) is 4.61. The van der Waals surface area contributed by atoms with Gasteiger partial charge in [0.1, 0.15) is 0 Å². The Bertz CT molecular complexity index is 164. The van der Waals surface area contributed by atoms with E-state index >= 15 is 0 Å². The average molecular weight is 170 g/mol. The lowest BCUT2D eigenvalue weighted by molar-refractivity contribution is -0.124. The summed E-state index contributed by atoms with van der Waals surface area (Å²) in [5.41, 5.74) is 0. The molecule has 0 spiro atoms. The van der Waals surface area contributed by atoms with E-state index < -0.39 is 0 Å². The van der Waals surface area contributed by atoms with Crippen molar-refractivity contribution in [3.05, 3.63) is 0 Å². The molecule has 2 N–H and O–H groups in total. The van der Waals surface area contributed by atoms with Crippen LogP contribution in [0, 0.1) is 5.92 Å². The van der Waals surface area contributed by atoms with Gasteiger partial charge in [-0.3, -0.25) is 4.79 Å². The molecule has 1 amide bonds. The first-order valence-electron chi connectivity index (χ1n) is 4.61. The quantitative estimate of drug-likeness (QED) is 0.648. The molecule has 1 unspecified atom stereocenters. The zero-order valence-corrected chi connectivity index (χ0v) is 8.05. The Hall–Kier alpha value is -0.570. The highest BCUT2D eigenvalue weighted by Crippen LogP contribution is 2.26. The molecule has 0 saturated heterocycles. The van der Waals surface area contributed by atoms with E-state index in [1.165, 1.54) is 0 Å². The molecule has 0 aromatic rings. The van der Waals surface area contributed by atoms with Gasteiger partial charge in [-0.25, -0.2) is 0 Å². The Morgan fingerprint density at radius 1 is 1.50 bits per heavy atom. The van der Waals surface area contributed by atoms with Crippen molar-refractivity contribution in [1.82, 2.24) is 10.6 Å². The third-order valence-corrected chi connectivity index (χ3v) is 2.55. The molecule has 0 aromatic carbocycles. The molecule has 0 bridgehead atoms. The topological polar surface area (TPSA) is 41.1 Å². The maximum Gasteiger partial charge on any atom is 0.237 e. The summed E-state index contributed by atoms with van der Waals surface area (Å²) < 4.78 is 0. The van der Waals surface area contributed by atoms with Crippen LogP contribution in [-0.2, 0) is 4.79 Å². The fourth-order valence-corrected chi connectivity index (χ4v) is 1.48. The summed E-state index contributed by atoms with van der Waals surface area (Å²) in [5.74, 6) is 0.912. The second kappa shape index (κ2) is 3.90. The van der Waals surface area contributed by atoms with Crippen LogP contribution in [0.4, 0.5) is 0 Å². The van der Waals surface area contributed by atoms with Gasteiger partial charge < -0.3 is 10.6 Å². The van der Waals surface area contributed by atoms with E-state index in [0.29, 0.717) is 6.04 Å². The minimum atomic E-state index is -0.0686. The van der Waals surface area contributed by atoms with Gasteiger partial charge in [-0.2, -0.15) is 0 Å². The third-order valence-electron chi connectivity index (χ3n) is 2.55. The maximum atomic E-state index is 11.3. The predicted molar refractivity (Wildman–Crippen MR) is 48.9 cm³/mol. The SMILES string of the molecule is CNC(C)C(=O)NC1CC(C)C1. The molecule has 3 nitrogen and oxygen atoms in total. The Kier molecular flexibility index (Phi) is 3.09. The van der Waals surface area contributed by atoms with Crippen LogP contribution in [0.3, 0.4) is 0 Å². The average Bonchev–Trinajstić information content (AvgIpc) is 2.00. The van der Waals surface area contributed by atoms with Crippen molar-refractivity contribution in [2.24, 2.45) is 5.92 Å². The normalized spacial score (nSPS) is 30.6. The van der Waals surface area contributed by atoms with Gasteiger partial charge in [0, 0.05) is 6.04 Å². The van der Waals surface area contributed by atoms with Crippen LogP contribution in [0.15, 0.2) is 0 Å². The number of carbonyl (C=O) groups is 1. The summed E-state index contributed by atoms with van der Waals surface area (Å²) in [7, 11) is 1.80. The number of hydrogen-bond acceptors (Lipinski definition) is 2. The second-order valence-electron chi connectivity index (χ2n) is 3.79. The molecule has 0 radical (unpaired) electrons. The molecule has 1 atom stereocenters. The fourth-order valence-electron chi connectivity index (χ4n) is 1.48. The standard InChI is InChI=1S/C9H18N2O/c1-6-4-8(5-6)11-9(12)7(2)10-3/h6-8,10H,4-5H2,1-3H3,(H,11,12). The molecule has 70 valence electrons. The van der Waals surface area contributed by atoms with Gasteiger partial charge >= 0.3 is 0 Å². The zero-order chi connectivity index (χ0) is 9.14. The molecule has 0 heterocycles. The van der Waals surface area contributed by atoms with E-state index in [1.54, 1.807) is 7.05 Å². The van der Waals surface area contributed by atoms with Gasteiger partial charge in [0.25, 0.3) is 0 Å². The molecular weight excluding hydrogens is 152 g/mol. The highest BCUT2D eigenvalue weighted by Gasteiger charge is 2.27. The zero-order valence-electron chi connectivity index (χ0n) is 8.05. The van der Waals surface area contributed by atoms with Crippen LogP contribution in [0.2, 0.25) is 0 Å². The fraction of sp³-hybridized carbons (Fsp3) is 0.889. The molecule has 1 rings (SSSR count). The van der Waals surface area contributed by atoms with Crippen LogP contribution < -0.4 is 10.6 Å². The van der Waals surface area contributed by atoms with E-state index in [4.69, 9.17) is 0 Å². The number of amides is 1. The smallest absolute Gasteiger partial charge is 0.237 e. The van der Waals surface area contributed by atoms with Gasteiger partial charge in [-0.05, 0) is 32.7 Å². The van der Waals surface area contributed by atoms with Crippen molar-refractivity contribution in [2.45, 2.75) is 38.8 Å². The highest BCUT2D eigenvalue weighted by molar-refractivity contribution is 5.81. The van der Waals surface area contributed by atoms with Crippen LogP contribution in [0.1, 0.15) is 26.7 Å². The van der Waals surface area contributed by atoms with E-state index in [0.717, 1.165) is 18.8 Å². The first kappa shape index (κ1) is 9.52. The predicted octanol–water partition coefficient (Wildman–Crippen LogP) is 0.509. The Morgan fingerprint density at radius 3 is 2.50 bits per heavy atom. The third kappa shape index (κ3) is 2.21. The molecule has 3 heteroatoms. The van der Waals surface area contributed by atoms with Crippen LogP contribution in [0.5, 0.6) is 0 Å². The van der Waals surface area contributed by atoms with Crippen molar-refractivity contribution in [3.8, 4) is 0 Å². The second-order valence-corrected chi connectivity index (χ2v) is 3.79. The summed E-state index contributed by atoms with van der Waals surface area (Å²) in [6.07, 6.45) is 2.28. The minimum absolute atomic E-state index is 0.0686. The highest BCUT2D eigenvalue weighted by atomic mass is 16.2. The summed E-state index contributed by atoms with van der Waals surface area (Å²) in [6.45, 7) is 4.08. The summed E-state index contributed by atoms with van der Waals surface area (Å²) >= 11 is 0. The van der Waals surface area contributed by atoms with Gasteiger partial charge in [-0.15, -0.1) is 0 Å². The van der Waals surface area contributed by atoms with Gasteiger partial charge in [0.15, 0.2) is 0 Å². The number of hydrogen-bond donors (Lipinski definition) is 2. The van der Waals surface area contributed by atoms with Gasteiger partial charge in [0.05, 0.1) is 6.04 Å². The van der Waals surface area contributed by atoms with Gasteiger partial charge in [-0.1, -0.05) is 6.92 Å². The molecule has 1 aliphatic carbocycles. The lowest BCUT2D eigenvalue weighted by Gasteiger charge is -2.33. The van der Waals surface area contributed by atoms with Crippen LogP contribution in [0.25, 0.3) is 0 Å². The van der Waals surface area contributed by atoms with E-state index in [2.05, 4.69) is 17.6 Å². The number of nitrogens with one attached hydrogen (secondary N) is 2. The van der Waals surface area contributed by atoms with Crippen molar-refractivity contribution in [3.63, 3.8) is 0 Å². The minimum Gasteiger partial charge on any atom is -0.352 e. The van der Waals surface area contributed by atoms with Crippen molar-refractivity contribution >= 4 is 5.91 Å². The number of likely N-dealkylation sites (N-methyl/N-ethyl adjacent to an activating group) is 1. The van der Waals surface area contributed by atoms with E-state index in [9.17, 15) is 4.79 Å². The van der Waals surface area contributed by atoms with Gasteiger partial charge in [0.2, 0.25) is 5.91 Å². The Balaban J connectivity index is 2.18.